The molecule has 152 valence electrons. The van der Waals surface area contributed by atoms with Crippen molar-refractivity contribution in [2.45, 2.75) is 83.6 Å². The number of carbonyl (C=O) groups excluding carboxylic acids is 1. The molecule has 7 nitrogen and oxygen atoms in total. The van der Waals surface area contributed by atoms with Gasteiger partial charge in [0.05, 0.1) is 6.04 Å². The minimum atomic E-state index is 0.0492. The van der Waals surface area contributed by atoms with Crippen LogP contribution in [0.1, 0.15) is 82.1 Å². The lowest BCUT2D eigenvalue weighted by molar-refractivity contribution is -0.116. The number of tetrazole rings is 1. The lowest BCUT2D eigenvalue weighted by atomic mass is 9.95. The Labute approximate surface area is 166 Å². The summed E-state index contributed by atoms with van der Waals surface area (Å²) in [5.41, 5.74) is 1.83. The maximum Gasteiger partial charge on any atom is 0.224 e. The van der Waals surface area contributed by atoms with Crippen LogP contribution in [0, 0.1) is 0 Å². The second-order valence-electron chi connectivity index (χ2n) is 7.68. The van der Waals surface area contributed by atoms with E-state index in [0.29, 0.717) is 12.5 Å². The molecule has 1 amide bonds. The van der Waals surface area contributed by atoms with Crippen LogP contribution in [0.2, 0.25) is 0 Å². The quantitative estimate of drug-likeness (QED) is 0.595. The van der Waals surface area contributed by atoms with Crippen LogP contribution in [0.15, 0.2) is 18.2 Å². The van der Waals surface area contributed by atoms with Crippen LogP contribution in [-0.4, -0.2) is 31.2 Å². The van der Waals surface area contributed by atoms with Gasteiger partial charge in [-0.1, -0.05) is 39.0 Å². The van der Waals surface area contributed by atoms with E-state index in [-0.39, 0.29) is 11.7 Å². The molecule has 0 bridgehead atoms. The molecule has 1 aromatic carbocycles. The summed E-state index contributed by atoms with van der Waals surface area (Å²) in [5.74, 6) is 1.40. The summed E-state index contributed by atoms with van der Waals surface area (Å²) in [5, 5.41) is 24.1. The molecule has 0 unspecified atom stereocenters. The number of nitrogens with zero attached hydrogens (tertiary/aromatic N) is 4. The van der Waals surface area contributed by atoms with E-state index in [0.717, 1.165) is 29.9 Å². The van der Waals surface area contributed by atoms with Crippen LogP contribution in [-0.2, 0) is 17.6 Å². The van der Waals surface area contributed by atoms with E-state index in [1.807, 2.05) is 0 Å². The summed E-state index contributed by atoms with van der Waals surface area (Å²) < 4.78 is 2.09. The zero-order valence-corrected chi connectivity index (χ0v) is 16.7. The Balaban J connectivity index is 0.000000167. The summed E-state index contributed by atoms with van der Waals surface area (Å²) >= 11 is 0. The molecule has 7 heteroatoms. The molecule has 0 radical (unpaired) electrons. The van der Waals surface area contributed by atoms with Gasteiger partial charge in [0.2, 0.25) is 5.91 Å². The largest absolute Gasteiger partial charge is 0.508 e. The van der Waals surface area contributed by atoms with Crippen molar-refractivity contribution in [3.63, 3.8) is 0 Å². The summed E-state index contributed by atoms with van der Waals surface area (Å²) in [6, 6.07) is 5.56. The molecule has 2 aliphatic rings. The fourth-order valence-electron chi connectivity index (χ4n) is 3.89. The predicted octanol–water partition coefficient (Wildman–Crippen LogP) is 4.19. The molecule has 0 spiro atoms. The first-order valence-electron chi connectivity index (χ1n) is 10.6. The number of anilines is 1. The van der Waals surface area contributed by atoms with Crippen molar-refractivity contribution in [1.29, 1.82) is 0 Å². The standard InChI is InChI=1S/C12H22N4.C9H9NO2/c1-2-3-5-10-12-13-14-15-16(12)11-8-6-4-7-9-11;11-7-2-3-8-6(5-7)1-4-9(12)10-8/h11H,2-10H2,1H3;2-3,5,11H,1,4H2,(H,10,12). The molecular formula is C21H31N5O2. The molecule has 1 saturated carbocycles. The Kier molecular flexibility index (Phi) is 7.39. The second-order valence-corrected chi connectivity index (χ2v) is 7.68. The van der Waals surface area contributed by atoms with Gasteiger partial charge >= 0.3 is 0 Å². The number of hydrogen-bond donors (Lipinski definition) is 2. The Morgan fingerprint density at radius 2 is 2.00 bits per heavy atom. The van der Waals surface area contributed by atoms with Crippen molar-refractivity contribution >= 4 is 11.6 Å². The Bertz CT molecular complexity index is 768. The van der Waals surface area contributed by atoms with Gasteiger partial charge in [-0.05, 0) is 59.9 Å². The Morgan fingerprint density at radius 3 is 2.79 bits per heavy atom. The number of benzene rings is 1. The number of aryl methyl sites for hydroxylation is 2. The molecule has 0 atom stereocenters. The molecule has 1 aromatic heterocycles. The van der Waals surface area contributed by atoms with Gasteiger partial charge in [-0.2, -0.15) is 0 Å². The SMILES string of the molecule is CCCCCc1nnnn1C1CCCCC1.O=C1CCc2cc(O)ccc2N1. The number of amides is 1. The molecule has 4 rings (SSSR count). The van der Waals surface area contributed by atoms with Gasteiger partial charge in [0.25, 0.3) is 0 Å². The highest BCUT2D eigenvalue weighted by Gasteiger charge is 2.19. The molecule has 1 fully saturated rings. The van der Waals surface area contributed by atoms with Crippen molar-refractivity contribution in [3.8, 4) is 5.75 Å². The zero-order chi connectivity index (χ0) is 19.8. The van der Waals surface area contributed by atoms with E-state index in [4.69, 9.17) is 5.11 Å². The van der Waals surface area contributed by atoms with Crippen LogP contribution >= 0.6 is 0 Å². The van der Waals surface area contributed by atoms with Crippen LogP contribution in [0.3, 0.4) is 0 Å². The summed E-state index contributed by atoms with van der Waals surface area (Å²) in [6.45, 7) is 2.23. The van der Waals surface area contributed by atoms with Gasteiger partial charge < -0.3 is 10.4 Å². The second kappa shape index (κ2) is 10.2. The molecule has 1 aliphatic heterocycles. The normalized spacial score (nSPS) is 16.7. The third-order valence-electron chi connectivity index (χ3n) is 5.47. The number of aromatic hydroxyl groups is 1. The van der Waals surface area contributed by atoms with E-state index >= 15 is 0 Å². The molecule has 0 saturated heterocycles. The van der Waals surface area contributed by atoms with Crippen molar-refractivity contribution in [2.75, 3.05) is 5.32 Å². The van der Waals surface area contributed by atoms with E-state index in [2.05, 4.69) is 32.4 Å². The minimum Gasteiger partial charge on any atom is -0.508 e. The number of fused-ring (bicyclic) bond motifs is 1. The number of hydrogen-bond acceptors (Lipinski definition) is 5. The summed E-state index contributed by atoms with van der Waals surface area (Å²) in [4.78, 5) is 10.9. The highest BCUT2D eigenvalue weighted by molar-refractivity contribution is 5.93. The number of nitrogens with one attached hydrogen (secondary N) is 1. The van der Waals surface area contributed by atoms with Crippen LogP contribution in [0.25, 0.3) is 0 Å². The number of phenols is 1. The smallest absolute Gasteiger partial charge is 0.224 e. The fraction of sp³-hybridized carbons (Fsp3) is 0.619. The van der Waals surface area contributed by atoms with Gasteiger partial charge in [0.1, 0.15) is 5.75 Å². The Hall–Kier alpha value is -2.44. The Morgan fingerprint density at radius 1 is 1.18 bits per heavy atom. The number of phenolic OH excluding ortho intramolecular Hbond substituents is 1. The number of carbonyl (C=O) groups is 1. The first kappa shape index (κ1) is 20.3. The van der Waals surface area contributed by atoms with Crippen molar-refractivity contribution < 1.29 is 9.90 Å². The first-order valence-corrected chi connectivity index (χ1v) is 10.6. The van der Waals surface area contributed by atoms with Gasteiger partial charge in [-0.25, -0.2) is 4.68 Å². The highest BCUT2D eigenvalue weighted by atomic mass is 16.3. The minimum absolute atomic E-state index is 0.0492. The molecule has 2 N–H and O–H groups in total. The maximum absolute atomic E-state index is 10.9. The van der Waals surface area contributed by atoms with Gasteiger partial charge in [-0.15, -0.1) is 5.10 Å². The van der Waals surface area contributed by atoms with Gasteiger partial charge in [-0.3, -0.25) is 4.79 Å². The van der Waals surface area contributed by atoms with Crippen LogP contribution in [0.5, 0.6) is 5.75 Å². The zero-order valence-electron chi connectivity index (χ0n) is 16.7. The highest BCUT2D eigenvalue weighted by Crippen LogP contribution is 2.28. The van der Waals surface area contributed by atoms with E-state index in [1.54, 1.807) is 18.2 Å². The number of unbranched alkanes of at least 4 members (excludes halogenated alkanes) is 2. The van der Waals surface area contributed by atoms with E-state index in [9.17, 15) is 4.79 Å². The molecular weight excluding hydrogens is 354 g/mol. The summed E-state index contributed by atoms with van der Waals surface area (Å²) in [7, 11) is 0. The number of aromatic nitrogens is 4. The molecule has 2 aromatic rings. The molecule has 28 heavy (non-hydrogen) atoms. The number of rotatable bonds is 5. The lowest BCUT2D eigenvalue weighted by Crippen LogP contribution is -2.18. The summed E-state index contributed by atoms with van der Waals surface area (Å²) in [6.07, 6.45) is 12.6. The topological polar surface area (TPSA) is 92.9 Å². The average Bonchev–Trinajstić information content (AvgIpc) is 3.18. The maximum atomic E-state index is 10.9. The average molecular weight is 386 g/mol. The van der Waals surface area contributed by atoms with E-state index < -0.39 is 0 Å². The molecule has 1 aliphatic carbocycles. The van der Waals surface area contributed by atoms with Crippen molar-refractivity contribution in [3.05, 3.63) is 29.6 Å². The molecule has 2 heterocycles. The van der Waals surface area contributed by atoms with Crippen LogP contribution < -0.4 is 5.32 Å². The van der Waals surface area contributed by atoms with Gasteiger partial charge in [0, 0.05) is 18.5 Å². The fourth-order valence-corrected chi connectivity index (χ4v) is 3.89. The third kappa shape index (κ3) is 5.53. The van der Waals surface area contributed by atoms with Crippen molar-refractivity contribution in [2.24, 2.45) is 0 Å². The van der Waals surface area contributed by atoms with E-state index in [1.165, 1.54) is 51.4 Å². The van der Waals surface area contributed by atoms with Crippen LogP contribution in [0.4, 0.5) is 5.69 Å². The van der Waals surface area contributed by atoms with Crippen molar-refractivity contribution in [1.82, 2.24) is 20.2 Å². The lowest BCUT2D eigenvalue weighted by Gasteiger charge is -2.22. The van der Waals surface area contributed by atoms with Gasteiger partial charge in [0.15, 0.2) is 5.82 Å². The first-order chi connectivity index (χ1) is 13.7. The predicted molar refractivity (Wildman–Crippen MR) is 108 cm³/mol. The third-order valence-corrected chi connectivity index (χ3v) is 5.47. The monoisotopic (exact) mass is 385 g/mol.